The maximum Gasteiger partial charge on any atom is 0.198 e. The molecule has 0 unspecified atom stereocenters. The zero-order chi connectivity index (χ0) is 12.5. The van der Waals surface area contributed by atoms with E-state index in [1.54, 1.807) is 24.3 Å². The Morgan fingerprint density at radius 3 is 2.47 bits per heavy atom. The third-order valence-electron chi connectivity index (χ3n) is 2.98. The van der Waals surface area contributed by atoms with E-state index in [4.69, 9.17) is 4.74 Å². The van der Waals surface area contributed by atoms with E-state index < -0.39 is 24.1 Å². The van der Waals surface area contributed by atoms with Gasteiger partial charge in [-0.2, -0.15) is 0 Å². The maximum atomic E-state index is 10.1. The Morgan fingerprint density at radius 2 is 1.82 bits per heavy atom. The number of aliphatic hydroxyl groups excluding tert-OH is 3. The number of ether oxygens (including phenoxy) is 1. The number of benzene rings is 1. The molecule has 1 saturated heterocycles. The highest BCUT2D eigenvalue weighted by atomic mass is 16.6. The minimum absolute atomic E-state index is 0.0544. The zero-order valence-electron chi connectivity index (χ0n) is 9.23. The van der Waals surface area contributed by atoms with Gasteiger partial charge in [0.25, 0.3) is 0 Å². The predicted octanol–water partition coefficient (Wildman–Crippen LogP) is -0.969. The van der Waals surface area contributed by atoms with Crippen LogP contribution in [0.1, 0.15) is 5.56 Å². The van der Waals surface area contributed by atoms with Crippen LogP contribution in [0.15, 0.2) is 30.3 Å². The minimum Gasteiger partial charge on any atom is -0.388 e. The van der Waals surface area contributed by atoms with Crippen molar-refractivity contribution in [1.29, 1.82) is 0 Å². The van der Waals surface area contributed by atoms with Crippen molar-refractivity contribution in [3.63, 3.8) is 0 Å². The molecule has 94 valence electrons. The molecule has 1 heterocycles. The Balaban J connectivity index is 2.14. The van der Waals surface area contributed by atoms with Crippen molar-refractivity contribution in [2.24, 2.45) is 0 Å². The molecule has 5 heteroatoms. The Kier molecular flexibility index (Phi) is 3.46. The van der Waals surface area contributed by atoms with Crippen LogP contribution in [0.5, 0.6) is 0 Å². The molecule has 4 atom stereocenters. The summed E-state index contributed by atoms with van der Waals surface area (Å²) in [7, 11) is 0. The molecule has 1 aromatic carbocycles. The van der Waals surface area contributed by atoms with Crippen molar-refractivity contribution < 1.29 is 25.2 Å². The molecule has 1 aliphatic rings. The molecular formula is C12H16O5. The highest BCUT2D eigenvalue weighted by Crippen LogP contribution is 2.27. The normalized spacial score (nSPS) is 38.0. The summed E-state index contributed by atoms with van der Waals surface area (Å²) in [4.78, 5) is 0. The fourth-order valence-corrected chi connectivity index (χ4v) is 1.93. The van der Waals surface area contributed by atoms with Gasteiger partial charge in [-0.3, -0.25) is 0 Å². The SMILES string of the molecule is O[C@H]1[C@H](O)CO[C@](O)(Cc2ccccc2)[C@@H]1O. The standard InChI is InChI=1S/C12H16O5/c13-9-7-17-12(16,11(15)10(9)14)6-8-4-2-1-3-5-8/h1-5,9-11,13-16H,6-7H2/t9-,10+,11-,12-/m1/s1. The number of rotatable bonds is 2. The van der Waals surface area contributed by atoms with Crippen molar-refractivity contribution in [2.45, 2.75) is 30.5 Å². The molecule has 1 aromatic rings. The van der Waals surface area contributed by atoms with Crippen LogP contribution in [-0.2, 0) is 11.2 Å². The lowest BCUT2D eigenvalue weighted by molar-refractivity contribution is -0.320. The summed E-state index contributed by atoms with van der Waals surface area (Å²) >= 11 is 0. The Morgan fingerprint density at radius 1 is 1.18 bits per heavy atom. The lowest BCUT2D eigenvalue weighted by Crippen LogP contribution is -2.61. The minimum atomic E-state index is -1.86. The predicted molar refractivity (Wildman–Crippen MR) is 59.1 cm³/mol. The molecule has 0 saturated carbocycles. The van der Waals surface area contributed by atoms with E-state index in [2.05, 4.69) is 0 Å². The van der Waals surface area contributed by atoms with E-state index >= 15 is 0 Å². The fraction of sp³-hybridized carbons (Fsp3) is 0.500. The molecule has 0 aliphatic carbocycles. The highest BCUT2D eigenvalue weighted by Gasteiger charge is 2.48. The summed E-state index contributed by atoms with van der Waals surface area (Å²) in [6, 6.07) is 9.01. The van der Waals surface area contributed by atoms with E-state index in [-0.39, 0.29) is 13.0 Å². The van der Waals surface area contributed by atoms with Crippen LogP contribution in [0.2, 0.25) is 0 Å². The van der Waals surface area contributed by atoms with Gasteiger partial charge in [0.05, 0.1) is 6.61 Å². The summed E-state index contributed by atoms with van der Waals surface area (Å²) in [6.07, 6.45) is -4.07. The average Bonchev–Trinajstić information content (AvgIpc) is 2.34. The first-order chi connectivity index (χ1) is 8.03. The Hall–Kier alpha value is -0.980. The molecule has 0 radical (unpaired) electrons. The van der Waals surface area contributed by atoms with Crippen LogP contribution < -0.4 is 0 Å². The molecule has 0 bridgehead atoms. The lowest BCUT2D eigenvalue weighted by Gasteiger charge is -2.41. The van der Waals surface area contributed by atoms with Gasteiger partial charge in [0.2, 0.25) is 0 Å². The Labute approximate surface area is 98.9 Å². The van der Waals surface area contributed by atoms with Crippen molar-refractivity contribution in [2.75, 3.05) is 6.61 Å². The third kappa shape index (κ3) is 2.48. The summed E-state index contributed by atoms with van der Waals surface area (Å²) in [5.74, 6) is -1.86. The third-order valence-corrected chi connectivity index (χ3v) is 2.98. The van der Waals surface area contributed by atoms with Gasteiger partial charge in [0.15, 0.2) is 5.79 Å². The molecule has 0 aromatic heterocycles. The van der Waals surface area contributed by atoms with E-state index in [1.807, 2.05) is 6.07 Å². The summed E-state index contributed by atoms with van der Waals surface area (Å²) in [5, 5.41) is 38.7. The molecule has 4 N–H and O–H groups in total. The first kappa shape index (κ1) is 12.5. The van der Waals surface area contributed by atoms with Crippen LogP contribution in [0.3, 0.4) is 0 Å². The van der Waals surface area contributed by atoms with E-state index in [9.17, 15) is 20.4 Å². The quantitative estimate of drug-likeness (QED) is 0.534. The number of hydrogen-bond acceptors (Lipinski definition) is 5. The van der Waals surface area contributed by atoms with Crippen LogP contribution in [-0.4, -0.2) is 51.1 Å². The summed E-state index contributed by atoms with van der Waals surface area (Å²) in [5.41, 5.74) is 0.776. The second kappa shape index (κ2) is 4.72. The van der Waals surface area contributed by atoms with Crippen LogP contribution in [0.4, 0.5) is 0 Å². The lowest BCUT2D eigenvalue weighted by atomic mass is 9.92. The molecule has 1 fully saturated rings. The van der Waals surface area contributed by atoms with Gasteiger partial charge in [-0.05, 0) is 5.56 Å². The second-order valence-electron chi connectivity index (χ2n) is 4.32. The highest BCUT2D eigenvalue weighted by molar-refractivity contribution is 5.17. The molecule has 5 nitrogen and oxygen atoms in total. The van der Waals surface area contributed by atoms with Gasteiger partial charge in [-0.25, -0.2) is 0 Å². The number of aliphatic hydroxyl groups is 4. The topological polar surface area (TPSA) is 90.2 Å². The van der Waals surface area contributed by atoms with Crippen molar-refractivity contribution >= 4 is 0 Å². The first-order valence-electron chi connectivity index (χ1n) is 5.47. The second-order valence-corrected chi connectivity index (χ2v) is 4.32. The monoisotopic (exact) mass is 240 g/mol. The molecular weight excluding hydrogens is 224 g/mol. The smallest absolute Gasteiger partial charge is 0.198 e. The molecule has 0 spiro atoms. The first-order valence-corrected chi connectivity index (χ1v) is 5.47. The van der Waals surface area contributed by atoms with Crippen molar-refractivity contribution in [1.82, 2.24) is 0 Å². The van der Waals surface area contributed by atoms with Gasteiger partial charge in [-0.15, -0.1) is 0 Å². The van der Waals surface area contributed by atoms with Crippen LogP contribution >= 0.6 is 0 Å². The zero-order valence-corrected chi connectivity index (χ0v) is 9.23. The Bertz CT molecular complexity index is 368. The fourth-order valence-electron chi connectivity index (χ4n) is 1.93. The molecule has 17 heavy (non-hydrogen) atoms. The largest absolute Gasteiger partial charge is 0.388 e. The van der Waals surface area contributed by atoms with Gasteiger partial charge in [0.1, 0.15) is 18.3 Å². The molecule has 1 aliphatic heterocycles. The molecule has 0 amide bonds. The van der Waals surface area contributed by atoms with Gasteiger partial charge >= 0.3 is 0 Å². The van der Waals surface area contributed by atoms with Crippen molar-refractivity contribution in [3.8, 4) is 0 Å². The number of hydrogen-bond donors (Lipinski definition) is 4. The van der Waals surface area contributed by atoms with Gasteiger partial charge in [0, 0.05) is 6.42 Å². The van der Waals surface area contributed by atoms with Crippen molar-refractivity contribution in [3.05, 3.63) is 35.9 Å². The summed E-state index contributed by atoms with van der Waals surface area (Å²) in [6.45, 7) is -0.207. The average molecular weight is 240 g/mol. The van der Waals surface area contributed by atoms with E-state index in [1.165, 1.54) is 0 Å². The van der Waals surface area contributed by atoms with E-state index in [0.29, 0.717) is 0 Å². The molecule has 2 rings (SSSR count). The van der Waals surface area contributed by atoms with Gasteiger partial charge in [-0.1, -0.05) is 30.3 Å². The maximum absolute atomic E-state index is 10.1. The summed E-state index contributed by atoms with van der Waals surface area (Å²) < 4.78 is 5.06. The van der Waals surface area contributed by atoms with Gasteiger partial charge < -0.3 is 25.2 Å². The van der Waals surface area contributed by atoms with Crippen LogP contribution in [0, 0.1) is 0 Å². The van der Waals surface area contributed by atoms with Crippen LogP contribution in [0.25, 0.3) is 0 Å². The van der Waals surface area contributed by atoms with E-state index in [0.717, 1.165) is 5.56 Å².